The quantitative estimate of drug-likeness (QED) is 0.508. The van der Waals surface area contributed by atoms with E-state index < -0.39 is 12.1 Å². The number of hydrogen-bond donors (Lipinski definition) is 2. The number of benzene rings is 2. The predicted molar refractivity (Wildman–Crippen MR) is 128 cm³/mol. The molecule has 10 heteroatoms. The molecule has 0 bridgehead atoms. The van der Waals surface area contributed by atoms with Crippen molar-refractivity contribution in [3.05, 3.63) is 89.7 Å². The van der Waals surface area contributed by atoms with Gasteiger partial charge in [-0.2, -0.15) is 13.2 Å². The maximum atomic E-state index is 12.6. The first-order valence-corrected chi connectivity index (χ1v) is 10.5. The molecule has 0 aliphatic rings. The summed E-state index contributed by atoms with van der Waals surface area (Å²) < 4.78 is 31.7. The number of alkyl halides is 3. The summed E-state index contributed by atoms with van der Waals surface area (Å²) >= 11 is 0. The second-order valence-corrected chi connectivity index (χ2v) is 7.11. The molecule has 7 nitrogen and oxygen atoms in total. The van der Waals surface area contributed by atoms with Crippen LogP contribution in [0.4, 0.5) is 24.5 Å². The van der Waals surface area contributed by atoms with Gasteiger partial charge >= 0.3 is 12.1 Å². The largest absolute Gasteiger partial charge is 0.490 e. The molecule has 0 saturated heterocycles. The van der Waals surface area contributed by atoms with E-state index in [-0.39, 0.29) is 11.8 Å². The predicted octanol–water partition coefficient (Wildman–Crippen LogP) is 4.74. The molecule has 36 heavy (non-hydrogen) atoms. The van der Waals surface area contributed by atoms with E-state index in [1.54, 1.807) is 41.4 Å². The highest BCUT2D eigenvalue weighted by Gasteiger charge is 2.38. The number of anilines is 2. The first-order valence-electron chi connectivity index (χ1n) is 10.5. The summed E-state index contributed by atoms with van der Waals surface area (Å²) in [4.78, 5) is 39.0. The number of aliphatic carboxylic acids is 1. The van der Waals surface area contributed by atoms with E-state index in [4.69, 9.17) is 9.90 Å². The number of carbonyl (C=O) groups excluding carboxylic acids is 2. The van der Waals surface area contributed by atoms with Crippen LogP contribution in [0.25, 0.3) is 0 Å². The first-order chi connectivity index (χ1) is 17.0. The smallest absolute Gasteiger partial charge is 0.475 e. The number of aromatic nitrogens is 1. The van der Waals surface area contributed by atoms with Crippen molar-refractivity contribution in [2.24, 2.45) is 0 Å². The molecule has 0 fully saturated rings. The molecule has 0 aliphatic carbocycles. The third kappa shape index (κ3) is 8.61. The van der Waals surface area contributed by atoms with E-state index in [0.717, 1.165) is 11.3 Å². The Bertz CT molecular complexity index is 1270. The molecule has 2 aromatic carbocycles. The molecule has 0 unspecified atom stereocenters. The fourth-order valence-corrected chi connectivity index (χ4v) is 2.83. The van der Waals surface area contributed by atoms with E-state index in [2.05, 4.69) is 22.1 Å². The van der Waals surface area contributed by atoms with Gasteiger partial charge in [-0.15, -0.1) is 0 Å². The van der Waals surface area contributed by atoms with Gasteiger partial charge in [-0.05, 0) is 67.4 Å². The lowest BCUT2D eigenvalue weighted by atomic mass is 10.1. The number of carbonyl (C=O) groups is 3. The summed E-state index contributed by atoms with van der Waals surface area (Å²) in [6.45, 7) is 4.04. The van der Waals surface area contributed by atoms with Gasteiger partial charge in [0.2, 0.25) is 5.91 Å². The van der Waals surface area contributed by atoms with Crippen LogP contribution in [0, 0.1) is 11.8 Å². The molecule has 0 saturated carbocycles. The molecule has 2 amide bonds. The molecule has 1 aromatic heterocycles. The van der Waals surface area contributed by atoms with Crippen molar-refractivity contribution in [1.82, 2.24) is 4.98 Å². The zero-order chi connectivity index (χ0) is 26.7. The number of carboxylic acids is 1. The average Bonchev–Trinajstić information content (AvgIpc) is 2.84. The Morgan fingerprint density at radius 2 is 1.67 bits per heavy atom. The van der Waals surface area contributed by atoms with Gasteiger partial charge in [0.1, 0.15) is 5.69 Å². The molecule has 1 heterocycles. The summed E-state index contributed by atoms with van der Waals surface area (Å²) in [7, 11) is 0. The lowest BCUT2D eigenvalue weighted by molar-refractivity contribution is -0.192. The SMILES string of the molecule is CCN(C(C)=O)c1ccc(NC(=O)c2cccc(C#Cc3ccccn3)c2)cc1.O=C(O)C(F)(F)F. The Morgan fingerprint density at radius 1 is 1.00 bits per heavy atom. The summed E-state index contributed by atoms with van der Waals surface area (Å²) in [6.07, 6.45) is -3.39. The lowest BCUT2D eigenvalue weighted by Gasteiger charge is -2.19. The minimum atomic E-state index is -5.08. The monoisotopic (exact) mass is 497 g/mol. The van der Waals surface area contributed by atoms with Crippen LogP contribution >= 0.6 is 0 Å². The van der Waals surface area contributed by atoms with E-state index in [1.165, 1.54) is 6.92 Å². The summed E-state index contributed by atoms with van der Waals surface area (Å²) in [5.74, 6) is 3.01. The standard InChI is InChI=1S/C24H21N3O2.C2HF3O2/c1-3-27(18(2)28)23-14-12-22(13-15-23)26-24(29)20-8-6-7-19(17-20)10-11-21-9-4-5-16-25-21;3-2(4,5)1(6)7/h4-9,12-17H,3H2,1-2H3,(H,26,29);(H,6,7). The zero-order valence-electron chi connectivity index (χ0n) is 19.3. The van der Waals surface area contributed by atoms with Crippen LogP contribution in [0.15, 0.2) is 72.9 Å². The van der Waals surface area contributed by atoms with E-state index in [1.807, 2.05) is 43.3 Å². The Balaban J connectivity index is 0.000000572. The van der Waals surface area contributed by atoms with Gasteiger partial charge in [-0.1, -0.05) is 18.1 Å². The third-order valence-corrected chi connectivity index (χ3v) is 4.50. The van der Waals surface area contributed by atoms with Gasteiger partial charge in [0.15, 0.2) is 0 Å². The summed E-state index contributed by atoms with van der Waals surface area (Å²) in [6, 6.07) is 19.9. The number of nitrogens with zero attached hydrogens (tertiary/aromatic N) is 2. The molecule has 0 aliphatic heterocycles. The van der Waals surface area contributed by atoms with Crippen LogP contribution in [0.2, 0.25) is 0 Å². The molecule has 0 spiro atoms. The lowest BCUT2D eigenvalue weighted by Crippen LogP contribution is -2.27. The highest BCUT2D eigenvalue weighted by molar-refractivity contribution is 6.04. The molecular formula is C26H22F3N3O4. The van der Waals surface area contributed by atoms with Gasteiger partial charge in [0, 0.05) is 42.2 Å². The van der Waals surface area contributed by atoms with Gasteiger partial charge in [0.05, 0.1) is 0 Å². The van der Waals surface area contributed by atoms with Crippen LogP contribution in [-0.4, -0.2) is 40.6 Å². The van der Waals surface area contributed by atoms with Crippen molar-refractivity contribution in [1.29, 1.82) is 0 Å². The third-order valence-electron chi connectivity index (χ3n) is 4.50. The Kier molecular flexibility index (Phi) is 9.74. The van der Waals surface area contributed by atoms with Crippen LogP contribution < -0.4 is 10.2 Å². The number of pyridine rings is 1. The molecule has 0 atom stereocenters. The fraction of sp³-hybridized carbons (Fsp3) is 0.154. The van der Waals surface area contributed by atoms with Gasteiger partial charge in [-0.25, -0.2) is 9.78 Å². The van der Waals surface area contributed by atoms with Crippen molar-refractivity contribution in [3.8, 4) is 11.8 Å². The number of amides is 2. The highest BCUT2D eigenvalue weighted by atomic mass is 19.4. The Morgan fingerprint density at radius 3 is 2.19 bits per heavy atom. The highest BCUT2D eigenvalue weighted by Crippen LogP contribution is 2.19. The van der Waals surface area contributed by atoms with Gasteiger partial charge in [-0.3, -0.25) is 9.59 Å². The number of halogens is 3. The number of hydrogen-bond acceptors (Lipinski definition) is 4. The second-order valence-electron chi connectivity index (χ2n) is 7.11. The molecular weight excluding hydrogens is 475 g/mol. The van der Waals surface area contributed by atoms with E-state index >= 15 is 0 Å². The van der Waals surface area contributed by atoms with Gasteiger partial charge in [0.25, 0.3) is 5.91 Å². The van der Waals surface area contributed by atoms with Crippen LogP contribution in [-0.2, 0) is 9.59 Å². The average molecular weight is 497 g/mol. The van der Waals surface area contributed by atoms with Crippen molar-refractivity contribution in [2.45, 2.75) is 20.0 Å². The molecule has 3 rings (SSSR count). The normalized spacial score (nSPS) is 10.1. The number of rotatable bonds is 4. The zero-order valence-corrected chi connectivity index (χ0v) is 19.3. The first kappa shape index (κ1) is 27.6. The molecule has 186 valence electrons. The molecule has 0 radical (unpaired) electrons. The summed E-state index contributed by atoms with van der Waals surface area (Å²) in [5, 5.41) is 9.99. The number of nitrogens with one attached hydrogen (secondary N) is 1. The van der Waals surface area contributed by atoms with E-state index in [9.17, 15) is 22.8 Å². The van der Waals surface area contributed by atoms with Crippen molar-refractivity contribution >= 4 is 29.2 Å². The van der Waals surface area contributed by atoms with Crippen LogP contribution in [0.1, 0.15) is 35.5 Å². The van der Waals surface area contributed by atoms with Crippen molar-refractivity contribution in [2.75, 3.05) is 16.8 Å². The maximum absolute atomic E-state index is 12.6. The Labute approximate surface area is 205 Å². The van der Waals surface area contributed by atoms with Gasteiger partial charge < -0.3 is 15.3 Å². The van der Waals surface area contributed by atoms with Crippen LogP contribution in [0.3, 0.4) is 0 Å². The fourth-order valence-electron chi connectivity index (χ4n) is 2.83. The maximum Gasteiger partial charge on any atom is 0.490 e. The summed E-state index contributed by atoms with van der Waals surface area (Å²) in [5.41, 5.74) is 3.38. The topological polar surface area (TPSA) is 99.6 Å². The van der Waals surface area contributed by atoms with Crippen molar-refractivity contribution in [3.63, 3.8) is 0 Å². The molecule has 2 N–H and O–H groups in total. The number of carboxylic acid groups (broad SMARTS) is 1. The Hall–Kier alpha value is -4.65. The van der Waals surface area contributed by atoms with Crippen molar-refractivity contribution < 1.29 is 32.7 Å². The second kappa shape index (κ2) is 12.7. The molecule has 3 aromatic rings. The minimum Gasteiger partial charge on any atom is -0.475 e. The van der Waals surface area contributed by atoms with E-state index in [0.29, 0.717) is 23.5 Å². The van der Waals surface area contributed by atoms with Crippen LogP contribution in [0.5, 0.6) is 0 Å². The minimum absolute atomic E-state index is 0.0205.